The summed E-state index contributed by atoms with van der Waals surface area (Å²) in [6, 6.07) is 50.3. The lowest BCUT2D eigenvalue weighted by Gasteiger charge is -2.14. The molecule has 0 fully saturated rings. The molecule has 0 N–H and O–H groups in total. The molecule has 170 valence electrons. The molecule has 0 spiro atoms. The van der Waals surface area contributed by atoms with Crippen LogP contribution in [0.4, 0.5) is 0 Å². The van der Waals surface area contributed by atoms with Crippen LogP contribution in [0.5, 0.6) is 0 Å². The average molecular weight is 460 g/mol. The topological polar surface area (TPSA) is 4.93 Å². The van der Waals surface area contributed by atoms with Gasteiger partial charge in [-0.1, -0.05) is 140 Å². The van der Waals surface area contributed by atoms with Gasteiger partial charge in [-0.15, -0.1) is 0 Å². The van der Waals surface area contributed by atoms with Gasteiger partial charge in [-0.05, 0) is 32.8 Å². The third kappa shape index (κ3) is 3.25. The monoisotopic (exact) mass is 459 g/mol. The minimum Gasteiger partial charge on any atom is -0.335 e. The minimum atomic E-state index is 0.802. The fourth-order valence-electron chi connectivity index (χ4n) is 5.73. The Morgan fingerprint density at radius 1 is 0.417 bits per heavy atom. The Kier molecular flexibility index (Phi) is 4.92. The lowest BCUT2D eigenvalue weighted by atomic mass is 9.92. The second-order valence-corrected chi connectivity index (χ2v) is 9.34. The average Bonchev–Trinajstić information content (AvgIpc) is 3.30. The van der Waals surface area contributed by atoms with Crippen molar-refractivity contribution in [2.45, 2.75) is 6.54 Å². The van der Waals surface area contributed by atoms with Gasteiger partial charge >= 0.3 is 0 Å². The van der Waals surface area contributed by atoms with E-state index in [0.29, 0.717) is 0 Å². The number of rotatable bonds is 4. The van der Waals surface area contributed by atoms with Gasteiger partial charge in [-0.2, -0.15) is 0 Å². The normalized spacial score (nSPS) is 11.4. The summed E-state index contributed by atoms with van der Waals surface area (Å²) in [7, 11) is 0. The molecular formula is C35H25N. The molecule has 0 saturated carbocycles. The second kappa shape index (κ2) is 8.55. The van der Waals surface area contributed by atoms with Crippen molar-refractivity contribution in [3.63, 3.8) is 0 Å². The summed E-state index contributed by atoms with van der Waals surface area (Å²) in [5.41, 5.74) is 7.64. The van der Waals surface area contributed by atoms with Gasteiger partial charge in [0.05, 0.1) is 11.2 Å². The van der Waals surface area contributed by atoms with Crippen molar-refractivity contribution in [3.8, 4) is 22.4 Å². The smallest absolute Gasteiger partial charge is 0.0581 e. The number of hydrogen-bond acceptors (Lipinski definition) is 0. The summed E-state index contributed by atoms with van der Waals surface area (Å²) in [5.74, 6) is 0. The zero-order valence-corrected chi connectivity index (χ0v) is 19.9. The van der Waals surface area contributed by atoms with Gasteiger partial charge in [0.25, 0.3) is 0 Å². The van der Waals surface area contributed by atoms with Crippen LogP contribution in [0.2, 0.25) is 0 Å². The Balaban J connectivity index is 1.76. The van der Waals surface area contributed by atoms with Crippen LogP contribution in [0.15, 0.2) is 140 Å². The van der Waals surface area contributed by atoms with Crippen LogP contribution in [0.25, 0.3) is 54.8 Å². The fraction of sp³-hybridized carbons (Fsp3) is 0.0286. The Morgan fingerprint density at radius 3 is 1.53 bits per heavy atom. The Bertz CT molecular complexity index is 1830. The van der Waals surface area contributed by atoms with Gasteiger partial charge in [0.1, 0.15) is 0 Å². The van der Waals surface area contributed by atoms with Gasteiger partial charge in [0.15, 0.2) is 0 Å². The molecule has 1 heterocycles. The molecule has 0 saturated heterocycles. The highest BCUT2D eigenvalue weighted by molar-refractivity contribution is 6.29. The van der Waals surface area contributed by atoms with E-state index in [2.05, 4.69) is 144 Å². The van der Waals surface area contributed by atoms with Crippen LogP contribution in [-0.2, 0) is 6.54 Å². The molecular weight excluding hydrogens is 434 g/mol. The SMILES string of the molecule is c1ccc(Cn2c(-c3ccccc3)c(-c3ccccc3)c3c4ccccc4c4ccccc4c32)cc1. The second-order valence-electron chi connectivity index (χ2n) is 9.34. The van der Waals surface area contributed by atoms with Gasteiger partial charge in [-0.3, -0.25) is 0 Å². The standard InChI is InChI=1S/C35H25N/c1-4-14-25(15-5-1)24-36-34(27-18-8-3-9-19-27)32(26-16-6-2-7-17-26)33-30-22-12-10-20-28(30)29-21-11-13-23-31(29)35(33)36/h1-23H,24H2. The first-order chi connectivity index (χ1) is 17.9. The van der Waals surface area contributed by atoms with E-state index < -0.39 is 0 Å². The molecule has 0 atom stereocenters. The van der Waals surface area contributed by atoms with Crippen molar-refractivity contribution in [1.82, 2.24) is 4.57 Å². The lowest BCUT2D eigenvalue weighted by Crippen LogP contribution is -2.02. The molecule has 0 aliphatic carbocycles. The van der Waals surface area contributed by atoms with Crippen LogP contribution >= 0.6 is 0 Å². The molecule has 0 radical (unpaired) electrons. The summed E-state index contributed by atoms with van der Waals surface area (Å²) in [6.45, 7) is 0.802. The first-order valence-electron chi connectivity index (χ1n) is 12.5. The summed E-state index contributed by atoms with van der Waals surface area (Å²) in [6.07, 6.45) is 0. The van der Waals surface area contributed by atoms with Crippen molar-refractivity contribution >= 4 is 32.4 Å². The van der Waals surface area contributed by atoms with Gasteiger partial charge < -0.3 is 4.57 Å². The molecule has 0 unspecified atom stereocenters. The predicted molar refractivity (Wildman–Crippen MR) is 153 cm³/mol. The molecule has 1 nitrogen and oxygen atoms in total. The molecule has 0 bridgehead atoms. The zero-order chi connectivity index (χ0) is 23.9. The Hall–Kier alpha value is -4.62. The molecule has 0 amide bonds. The molecule has 1 heteroatoms. The Labute approximate surface area is 210 Å². The molecule has 36 heavy (non-hydrogen) atoms. The van der Waals surface area contributed by atoms with E-state index in [1.165, 1.54) is 60.4 Å². The first kappa shape index (κ1) is 20.7. The number of nitrogens with zero attached hydrogens (tertiary/aromatic N) is 1. The van der Waals surface area contributed by atoms with E-state index in [1.807, 2.05) is 0 Å². The van der Waals surface area contributed by atoms with Gasteiger partial charge in [-0.25, -0.2) is 0 Å². The molecule has 7 aromatic rings. The zero-order valence-electron chi connectivity index (χ0n) is 19.9. The largest absolute Gasteiger partial charge is 0.335 e. The lowest BCUT2D eigenvalue weighted by molar-refractivity contribution is 0.848. The van der Waals surface area contributed by atoms with Gasteiger partial charge in [0.2, 0.25) is 0 Å². The van der Waals surface area contributed by atoms with Crippen LogP contribution in [0, 0.1) is 0 Å². The third-order valence-electron chi connectivity index (χ3n) is 7.23. The van der Waals surface area contributed by atoms with Crippen LogP contribution < -0.4 is 0 Å². The number of fused-ring (bicyclic) bond motifs is 6. The van der Waals surface area contributed by atoms with Crippen LogP contribution in [0.1, 0.15) is 5.56 Å². The van der Waals surface area contributed by atoms with E-state index >= 15 is 0 Å². The molecule has 0 aliphatic rings. The maximum absolute atomic E-state index is 2.55. The predicted octanol–water partition coefficient (Wildman–Crippen LogP) is 9.33. The van der Waals surface area contributed by atoms with E-state index in [1.54, 1.807) is 0 Å². The molecule has 1 aromatic heterocycles. The van der Waals surface area contributed by atoms with Crippen LogP contribution in [-0.4, -0.2) is 4.57 Å². The van der Waals surface area contributed by atoms with Crippen molar-refractivity contribution in [3.05, 3.63) is 145 Å². The molecule has 6 aromatic carbocycles. The van der Waals surface area contributed by atoms with Crippen molar-refractivity contribution in [1.29, 1.82) is 0 Å². The highest BCUT2D eigenvalue weighted by Gasteiger charge is 2.24. The number of benzene rings is 6. The summed E-state index contributed by atoms with van der Waals surface area (Å²) in [5, 5.41) is 6.52. The summed E-state index contributed by atoms with van der Waals surface area (Å²) < 4.78 is 2.55. The van der Waals surface area contributed by atoms with Crippen LogP contribution in [0.3, 0.4) is 0 Å². The highest BCUT2D eigenvalue weighted by Crippen LogP contribution is 2.47. The van der Waals surface area contributed by atoms with E-state index in [9.17, 15) is 0 Å². The Morgan fingerprint density at radius 2 is 0.889 bits per heavy atom. The maximum Gasteiger partial charge on any atom is 0.0581 e. The molecule has 7 rings (SSSR count). The quantitative estimate of drug-likeness (QED) is 0.231. The highest BCUT2D eigenvalue weighted by atomic mass is 15.0. The molecule has 0 aliphatic heterocycles. The third-order valence-corrected chi connectivity index (χ3v) is 7.23. The van der Waals surface area contributed by atoms with E-state index in [4.69, 9.17) is 0 Å². The number of hydrogen-bond donors (Lipinski definition) is 0. The van der Waals surface area contributed by atoms with Crippen molar-refractivity contribution in [2.24, 2.45) is 0 Å². The number of aromatic nitrogens is 1. The minimum absolute atomic E-state index is 0.802. The van der Waals surface area contributed by atoms with Crippen molar-refractivity contribution < 1.29 is 0 Å². The van der Waals surface area contributed by atoms with E-state index in [-0.39, 0.29) is 0 Å². The van der Waals surface area contributed by atoms with E-state index in [0.717, 1.165) is 6.54 Å². The maximum atomic E-state index is 2.55. The fourth-order valence-corrected chi connectivity index (χ4v) is 5.73. The summed E-state index contributed by atoms with van der Waals surface area (Å²) >= 11 is 0. The van der Waals surface area contributed by atoms with Crippen molar-refractivity contribution in [2.75, 3.05) is 0 Å². The van der Waals surface area contributed by atoms with Gasteiger partial charge in [0, 0.05) is 22.9 Å². The first-order valence-corrected chi connectivity index (χ1v) is 12.5. The summed E-state index contributed by atoms with van der Waals surface area (Å²) in [4.78, 5) is 0.